The Hall–Kier alpha value is -0.690. The summed E-state index contributed by atoms with van der Waals surface area (Å²) in [6.45, 7) is 0.589. The molecule has 0 unspecified atom stereocenters. The molecule has 1 atom stereocenters. The van der Waals surface area contributed by atoms with Gasteiger partial charge in [-0.2, -0.15) is 0 Å². The Balaban J connectivity index is 0.00000361. The zero-order chi connectivity index (χ0) is 14.5. The molecule has 0 aliphatic rings. The van der Waals surface area contributed by atoms with Gasteiger partial charge in [0.25, 0.3) is 0 Å². The van der Waals surface area contributed by atoms with Crippen LogP contribution in [0.2, 0.25) is 5.02 Å². The molecule has 1 aromatic rings. The molecule has 0 radical (unpaired) electrons. The van der Waals surface area contributed by atoms with Crippen molar-refractivity contribution in [3.8, 4) is 5.75 Å². The average Bonchev–Trinajstić information content (AvgIpc) is 2.30. The van der Waals surface area contributed by atoms with E-state index in [-0.39, 0.29) is 23.5 Å². The quantitative estimate of drug-likeness (QED) is 0.779. The van der Waals surface area contributed by atoms with E-state index in [0.717, 1.165) is 12.8 Å². The second-order valence-corrected chi connectivity index (χ2v) is 4.54. The van der Waals surface area contributed by atoms with Gasteiger partial charge >= 0.3 is 6.36 Å². The highest BCUT2D eigenvalue weighted by atomic mass is 35.5. The van der Waals surface area contributed by atoms with Crippen molar-refractivity contribution < 1.29 is 17.9 Å². The molecule has 0 aliphatic heterocycles. The minimum Gasteiger partial charge on any atom is -0.404 e. The molecule has 4 N–H and O–H groups in total. The van der Waals surface area contributed by atoms with Gasteiger partial charge in [0, 0.05) is 6.04 Å². The summed E-state index contributed by atoms with van der Waals surface area (Å²) in [6, 6.07) is 3.79. The molecule has 20 heavy (non-hydrogen) atoms. The number of benzene rings is 1. The minimum absolute atomic E-state index is 0. The van der Waals surface area contributed by atoms with Crippen LogP contribution in [0.4, 0.5) is 13.2 Å². The van der Waals surface area contributed by atoms with Crippen molar-refractivity contribution in [2.75, 3.05) is 6.54 Å². The predicted octanol–water partition coefficient (Wildman–Crippen LogP) is 3.79. The van der Waals surface area contributed by atoms with Crippen LogP contribution in [0.15, 0.2) is 18.2 Å². The van der Waals surface area contributed by atoms with Crippen LogP contribution < -0.4 is 16.2 Å². The molecule has 3 nitrogen and oxygen atoms in total. The third kappa shape index (κ3) is 6.65. The van der Waals surface area contributed by atoms with Crippen molar-refractivity contribution in [3.63, 3.8) is 0 Å². The second-order valence-electron chi connectivity index (χ2n) is 4.13. The van der Waals surface area contributed by atoms with Crippen LogP contribution in [0.5, 0.6) is 5.75 Å². The van der Waals surface area contributed by atoms with Gasteiger partial charge in [0.05, 0.1) is 5.02 Å². The molecule has 0 saturated carbocycles. The van der Waals surface area contributed by atoms with Gasteiger partial charge in [0.2, 0.25) is 0 Å². The van der Waals surface area contributed by atoms with E-state index < -0.39 is 12.1 Å². The third-order valence-corrected chi connectivity index (χ3v) is 2.87. The molecule has 0 bridgehead atoms. The molecule has 0 saturated heterocycles. The maximum Gasteiger partial charge on any atom is 0.573 e. The maximum atomic E-state index is 12.1. The standard InChI is InChI=1S/C12H16ClF3N2O.ClH/c13-9-7-8(10(18)3-1-2-6-17)4-5-11(9)19-12(14,15)16;/h4-5,7,10H,1-3,6,17-18H2;1H/t10-;/m1./s1. The van der Waals surface area contributed by atoms with Gasteiger partial charge in [-0.1, -0.05) is 24.1 Å². The number of rotatable bonds is 6. The molecular formula is C12H17Cl2F3N2O. The van der Waals surface area contributed by atoms with Gasteiger partial charge in [0.1, 0.15) is 5.75 Å². The van der Waals surface area contributed by atoms with Gasteiger partial charge in [-0.15, -0.1) is 25.6 Å². The van der Waals surface area contributed by atoms with E-state index >= 15 is 0 Å². The Kier molecular flexibility index (Phi) is 8.27. The van der Waals surface area contributed by atoms with Crippen LogP contribution in [0.3, 0.4) is 0 Å². The lowest BCUT2D eigenvalue weighted by atomic mass is 10.0. The van der Waals surface area contributed by atoms with E-state index in [2.05, 4.69) is 4.74 Å². The highest BCUT2D eigenvalue weighted by Gasteiger charge is 2.32. The van der Waals surface area contributed by atoms with Crippen molar-refractivity contribution in [3.05, 3.63) is 28.8 Å². The van der Waals surface area contributed by atoms with E-state index in [1.165, 1.54) is 18.2 Å². The summed E-state index contributed by atoms with van der Waals surface area (Å²) in [5.41, 5.74) is 12.0. The first-order valence-corrected chi connectivity index (χ1v) is 6.22. The Morgan fingerprint density at radius 1 is 1.25 bits per heavy atom. The van der Waals surface area contributed by atoms with Gasteiger partial charge in [0.15, 0.2) is 0 Å². The number of ether oxygens (including phenoxy) is 1. The molecule has 1 aromatic carbocycles. The third-order valence-electron chi connectivity index (χ3n) is 2.58. The Bertz CT molecular complexity index is 416. The molecule has 8 heteroatoms. The van der Waals surface area contributed by atoms with Crippen molar-refractivity contribution in [1.29, 1.82) is 0 Å². The first-order chi connectivity index (χ1) is 8.83. The highest BCUT2D eigenvalue weighted by Crippen LogP contribution is 2.32. The molecule has 1 rings (SSSR count). The summed E-state index contributed by atoms with van der Waals surface area (Å²) < 4.78 is 40.0. The monoisotopic (exact) mass is 332 g/mol. The lowest BCUT2D eigenvalue weighted by molar-refractivity contribution is -0.274. The fourth-order valence-corrected chi connectivity index (χ4v) is 1.86. The van der Waals surface area contributed by atoms with Crippen molar-refractivity contribution in [2.45, 2.75) is 31.7 Å². The highest BCUT2D eigenvalue weighted by molar-refractivity contribution is 6.32. The number of hydrogen-bond acceptors (Lipinski definition) is 3. The van der Waals surface area contributed by atoms with Crippen molar-refractivity contribution in [1.82, 2.24) is 0 Å². The summed E-state index contributed by atoms with van der Waals surface area (Å²) in [6.07, 6.45) is -2.34. The molecular weight excluding hydrogens is 316 g/mol. The van der Waals surface area contributed by atoms with E-state index in [1.54, 1.807) is 0 Å². The average molecular weight is 333 g/mol. The topological polar surface area (TPSA) is 61.3 Å². The lowest BCUT2D eigenvalue weighted by Crippen LogP contribution is -2.17. The van der Waals surface area contributed by atoms with Crippen LogP contribution >= 0.6 is 24.0 Å². The Morgan fingerprint density at radius 3 is 2.40 bits per heavy atom. The van der Waals surface area contributed by atoms with Crippen molar-refractivity contribution in [2.24, 2.45) is 11.5 Å². The SMILES string of the molecule is Cl.NCCCC[C@@H](N)c1ccc(OC(F)(F)F)c(Cl)c1. The van der Waals surface area contributed by atoms with E-state index in [1.807, 2.05) is 0 Å². The molecule has 0 amide bonds. The zero-order valence-corrected chi connectivity index (χ0v) is 12.2. The van der Waals surface area contributed by atoms with Gasteiger partial charge < -0.3 is 16.2 Å². The predicted molar refractivity (Wildman–Crippen MR) is 75.2 cm³/mol. The summed E-state index contributed by atoms with van der Waals surface area (Å²) in [4.78, 5) is 0. The zero-order valence-electron chi connectivity index (χ0n) is 10.6. The van der Waals surface area contributed by atoms with E-state index in [9.17, 15) is 13.2 Å². The smallest absolute Gasteiger partial charge is 0.404 e. The summed E-state index contributed by atoms with van der Waals surface area (Å²) in [5, 5.41) is -0.107. The number of nitrogens with two attached hydrogens (primary N) is 2. The van der Waals surface area contributed by atoms with Crippen LogP contribution in [0.25, 0.3) is 0 Å². The molecule has 0 fully saturated rings. The fourth-order valence-electron chi connectivity index (χ4n) is 1.63. The first-order valence-electron chi connectivity index (χ1n) is 5.84. The molecule has 0 aliphatic carbocycles. The van der Waals surface area contributed by atoms with Gasteiger partial charge in [-0.05, 0) is 37.1 Å². The molecule has 0 heterocycles. The lowest BCUT2D eigenvalue weighted by Gasteiger charge is -2.15. The van der Waals surface area contributed by atoms with E-state index in [0.29, 0.717) is 18.5 Å². The molecule has 0 spiro atoms. The summed E-state index contributed by atoms with van der Waals surface area (Å²) in [5.74, 6) is -0.424. The number of hydrogen-bond donors (Lipinski definition) is 2. The van der Waals surface area contributed by atoms with Gasteiger partial charge in [-0.3, -0.25) is 0 Å². The van der Waals surface area contributed by atoms with Crippen LogP contribution in [0, 0.1) is 0 Å². The molecule has 116 valence electrons. The molecule has 0 aromatic heterocycles. The number of alkyl halides is 3. The second kappa shape index (κ2) is 8.56. The van der Waals surface area contributed by atoms with Crippen molar-refractivity contribution >= 4 is 24.0 Å². The first kappa shape index (κ1) is 19.3. The van der Waals surface area contributed by atoms with Crippen LogP contribution in [0.1, 0.15) is 30.9 Å². The minimum atomic E-state index is -4.76. The Labute approximate surface area is 126 Å². The van der Waals surface area contributed by atoms with Gasteiger partial charge in [-0.25, -0.2) is 0 Å². The van der Waals surface area contributed by atoms with Crippen LogP contribution in [-0.4, -0.2) is 12.9 Å². The summed E-state index contributed by atoms with van der Waals surface area (Å²) in [7, 11) is 0. The normalized spacial score (nSPS) is 12.7. The number of unbranched alkanes of at least 4 members (excludes halogenated alkanes) is 1. The maximum absolute atomic E-state index is 12.1. The summed E-state index contributed by atoms with van der Waals surface area (Å²) >= 11 is 5.74. The Morgan fingerprint density at radius 2 is 1.90 bits per heavy atom. The van der Waals surface area contributed by atoms with Crippen LogP contribution in [-0.2, 0) is 0 Å². The van der Waals surface area contributed by atoms with E-state index in [4.69, 9.17) is 23.1 Å². The fraction of sp³-hybridized carbons (Fsp3) is 0.500. The largest absolute Gasteiger partial charge is 0.573 e. The number of halogens is 5.